The van der Waals surface area contributed by atoms with Gasteiger partial charge in [0.15, 0.2) is 0 Å². The lowest BCUT2D eigenvalue weighted by Crippen LogP contribution is -2.08. The van der Waals surface area contributed by atoms with Crippen molar-refractivity contribution < 1.29 is 4.74 Å². The molecular formula is C15H20N4O. The average Bonchev–Trinajstić information content (AvgIpc) is 2.44. The van der Waals surface area contributed by atoms with E-state index in [2.05, 4.69) is 34.1 Å². The van der Waals surface area contributed by atoms with Crippen LogP contribution in [0.1, 0.15) is 36.7 Å². The number of rotatable bonds is 5. The normalized spacial score (nSPS) is 10.7. The number of aryl methyl sites for hydroxylation is 1. The molecular weight excluding hydrogens is 252 g/mol. The van der Waals surface area contributed by atoms with E-state index < -0.39 is 0 Å². The van der Waals surface area contributed by atoms with Gasteiger partial charge < -0.3 is 10.1 Å². The highest BCUT2D eigenvalue weighted by Gasteiger charge is 2.07. The predicted octanol–water partition coefficient (Wildman–Crippen LogP) is 2.92. The van der Waals surface area contributed by atoms with Gasteiger partial charge in [-0.1, -0.05) is 19.9 Å². The molecule has 20 heavy (non-hydrogen) atoms. The number of ether oxygens (including phenoxy) is 1. The molecule has 0 spiro atoms. The van der Waals surface area contributed by atoms with E-state index in [-0.39, 0.29) is 0 Å². The zero-order valence-electron chi connectivity index (χ0n) is 12.3. The van der Waals surface area contributed by atoms with Gasteiger partial charge in [-0.15, -0.1) is 0 Å². The van der Waals surface area contributed by atoms with E-state index in [0.29, 0.717) is 24.3 Å². The van der Waals surface area contributed by atoms with Crippen molar-refractivity contribution in [2.75, 3.05) is 12.4 Å². The summed E-state index contributed by atoms with van der Waals surface area (Å²) in [5.41, 5.74) is 2.98. The third-order valence-electron chi connectivity index (χ3n) is 2.95. The first-order valence-corrected chi connectivity index (χ1v) is 6.67. The second-order valence-electron chi connectivity index (χ2n) is 4.94. The highest BCUT2D eigenvalue weighted by molar-refractivity contribution is 5.33. The molecule has 2 aromatic heterocycles. The summed E-state index contributed by atoms with van der Waals surface area (Å²) in [6, 6.07) is 5.87. The van der Waals surface area contributed by atoms with Crippen LogP contribution in [0.2, 0.25) is 0 Å². The van der Waals surface area contributed by atoms with Crippen LogP contribution in [0.25, 0.3) is 0 Å². The minimum Gasteiger partial charge on any atom is -0.481 e. The fraction of sp³-hybridized carbons (Fsp3) is 0.400. The molecule has 0 bridgehead atoms. The molecule has 2 heterocycles. The fourth-order valence-corrected chi connectivity index (χ4v) is 1.88. The van der Waals surface area contributed by atoms with Crippen molar-refractivity contribution in [3.63, 3.8) is 0 Å². The van der Waals surface area contributed by atoms with E-state index in [1.807, 2.05) is 25.1 Å². The molecule has 0 saturated carbocycles. The Labute approximate surface area is 119 Å². The van der Waals surface area contributed by atoms with Crippen molar-refractivity contribution >= 4 is 5.95 Å². The van der Waals surface area contributed by atoms with Crippen molar-refractivity contribution in [2.45, 2.75) is 33.2 Å². The highest BCUT2D eigenvalue weighted by Crippen LogP contribution is 2.17. The van der Waals surface area contributed by atoms with Crippen LogP contribution < -0.4 is 10.1 Å². The van der Waals surface area contributed by atoms with Crippen molar-refractivity contribution in [3.05, 3.63) is 41.3 Å². The summed E-state index contributed by atoms with van der Waals surface area (Å²) in [7, 11) is 1.62. The van der Waals surface area contributed by atoms with Gasteiger partial charge in [0, 0.05) is 29.7 Å². The second kappa shape index (κ2) is 6.32. The quantitative estimate of drug-likeness (QED) is 0.906. The van der Waals surface area contributed by atoms with Crippen LogP contribution in [-0.4, -0.2) is 22.1 Å². The van der Waals surface area contributed by atoms with Crippen molar-refractivity contribution in [1.29, 1.82) is 0 Å². The standard InChI is InChI=1S/C15H20N4O/c1-10(2)13-8-11(3)18-15(19-13)17-9-12-6-5-7-16-14(12)20-4/h5-8,10H,9H2,1-4H3,(H,17,18,19). The third kappa shape index (κ3) is 3.44. The van der Waals surface area contributed by atoms with Gasteiger partial charge in [0.1, 0.15) is 0 Å². The Morgan fingerprint density at radius 1 is 1.30 bits per heavy atom. The number of nitrogens with zero attached hydrogens (tertiary/aromatic N) is 3. The molecule has 0 atom stereocenters. The summed E-state index contributed by atoms with van der Waals surface area (Å²) < 4.78 is 5.23. The van der Waals surface area contributed by atoms with E-state index in [0.717, 1.165) is 17.0 Å². The Morgan fingerprint density at radius 3 is 2.80 bits per heavy atom. The van der Waals surface area contributed by atoms with Crippen LogP contribution in [-0.2, 0) is 6.54 Å². The lowest BCUT2D eigenvalue weighted by atomic mass is 10.1. The van der Waals surface area contributed by atoms with Gasteiger partial charge >= 0.3 is 0 Å². The molecule has 0 unspecified atom stereocenters. The van der Waals surface area contributed by atoms with E-state index in [1.165, 1.54) is 0 Å². The van der Waals surface area contributed by atoms with Crippen molar-refractivity contribution in [2.24, 2.45) is 0 Å². The lowest BCUT2D eigenvalue weighted by molar-refractivity contribution is 0.393. The van der Waals surface area contributed by atoms with Crippen molar-refractivity contribution in [3.8, 4) is 5.88 Å². The van der Waals surface area contributed by atoms with Gasteiger partial charge in [-0.2, -0.15) is 0 Å². The minimum absolute atomic E-state index is 0.380. The Bertz CT molecular complexity index is 584. The van der Waals surface area contributed by atoms with Gasteiger partial charge in [-0.05, 0) is 25.0 Å². The van der Waals surface area contributed by atoms with Gasteiger partial charge in [-0.25, -0.2) is 15.0 Å². The van der Waals surface area contributed by atoms with E-state index in [1.54, 1.807) is 13.3 Å². The SMILES string of the molecule is COc1ncccc1CNc1nc(C)cc(C(C)C)n1. The Hall–Kier alpha value is -2.17. The topological polar surface area (TPSA) is 59.9 Å². The highest BCUT2D eigenvalue weighted by atomic mass is 16.5. The lowest BCUT2D eigenvalue weighted by Gasteiger charge is -2.11. The molecule has 0 aliphatic carbocycles. The molecule has 5 nitrogen and oxygen atoms in total. The number of hydrogen-bond donors (Lipinski definition) is 1. The summed E-state index contributed by atoms with van der Waals surface area (Å²) >= 11 is 0. The molecule has 2 rings (SSSR count). The molecule has 0 aromatic carbocycles. The Kier molecular flexibility index (Phi) is 4.50. The van der Waals surface area contributed by atoms with E-state index >= 15 is 0 Å². The first-order valence-electron chi connectivity index (χ1n) is 6.67. The number of hydrogen-bond acceptors (Lipinski definition) is 5. The monoisotopic (exact) mass is 272 g/mol. The average molecular weight is 272 g/mol. The van der Waals surface area contributed by atoms with Gasteiger partial charge in [0.25, 0.3) is 0 Å². The molecule has 0 aliphatic heterocycles. The number of anilines is 1. The fourth-order valence-electron chi connectivity index (χ4n) is 1.88. The minimum atomic E-state index is 0.380. The van der Waals surface area contributed by atoms with Gasteiger partial charge in [0.2, 0.25) is 11.8 Å². The third-order valence-corrected chi connectivity index (χ3v) is 2.95. The first-order chi connectivity index (χ1) is 9.60. The second-order valence-corrected chi connectivity index (χ2v) is 4.94. The summed E-state index contributed by atoms with van der Waals surface area (Å²) in [6.45, 7) is 6.80. The van der Waals surface area contributed by atoms with Crippen LogP contribution in [0, 0.1) is 6.92 Å². The predicted molar refractivity (Wildman–Crippen MR) is 79.0 cm³/mol. The molecule has 0 fully saturated rings. The molecule has 1 N–H and O–H groups in total. The zero-order valence-corrected chi connectivity index (χ0v) is 12.3. The van der Waals surface area contributed by atoms with Crippen LogP contribution >= 0.6 is 0 Å². The number of aromatic nitrogens is 3. The first kappa shape index (κ1) is 14.2. The summed E-state index contributed by atoms with van der Waals surface area (Å²) in [4.78, 5) is 13.1. The molecule has 0 radical (unpaired) electrons. The van der Waals surface area contributed by atoms with Gasteiger partial charge in [-0.3, -0.25) is 0 Å². The van der Waals surface area contributed by atoms with E-state index in [9.17, 15) is 0 Å². The van der Waals surface area contributed by atoms with E-state index in [4.69, 9.17) is 4.74 Å². The maximum absolute atomic E-state index is 5.23. The van der Waals surface area contributed by atoms with Crippen LogP contribution in [0.4, 0.5) is 5.95 Å². The smallest absolute Gasteiger partial charge is 0.223 e. The largest absolute Gasteiger partial charge is 0.481 e. The molecule has 2 aromatic rings. The maximum atomic E-state index is 5.23. The molecule has 106 valence electrons. The zero-order chi connectivity index (χ0) is 14.5. The summed E-state index contributed by atoms with van der Waals surface area (Å²) in [6.07, 6.45) is 1.71. The Balaban J connectivity index is 2.14. The number of nitrogens with one attached hydrogen (secondary N) is 1. The maximum Gasteiger partial charge on any atom is 0.223 e. The van der Waals surface area contributed by atoms with Gasteiger partial charge in [0.05, 0.1) is 7.11 Å². The number of methoxy groups -OCH3 is 1. The Morgan fingerprint density at radius 2 is 2.10 bits per heavy atom. The van der Waals surface area contributed by atoms with Crippen LogP contribution in [0.5, 0.6) is 5.88 Å². The van der Waals surface area contributed by atoms with Crippen LogP contribution in [0.15, 0.2) is 24.4 Å². The molecule has 5 heteroatoms. The molecule has 0 amide bonds. The van der Waals surface area contributed by atoms with Crippen LogP contribution in [0.3, 0.4) is 0 Å². The number of pyridine rings is 1. The summed E-state index contributed by atoms with van der Waals surface area (Å²) in [5, 5.41) is 3.23. The molecule has 0 saturated heterocycles. The van der Waals surface area contributed by atoms with Crippen molar-refractivity contribution in [1.82, 2.24) is 15.0 Å². The molecule has 0 aliphatic rings. The summed E-state index contributed by atoms with van der Waals surface area (Å²) in [5.74, 6) is 1.64.